The number of ether oxygens (including phenoxy) is 1. The zero-order valence-electron chi connectivity index (χ0n) is 9.92. The summed E-state index contributed by atoms with van der Waals surface area (Å²) in [6.07, 6.45) is 0.899. The van der Waals surface area contributed by atoms with Crippen LogP contribution in [-0.4, -0.2) is 16.1 Å². The van der Waals surface area contributed by atoms with Crippen molar-refractivity contribution in [3.05, 3.63) is 45.9 Å². The summed E-state index contributed by atoms with van der Waals surface area (Å²) in [7, 11) is 0. The molecule has 2 rings (SSSR count). The zero-order chi connectivity index (χ0) is 13.0. The lowest BCUT2D eigenvalue weighted by Crippen LogP contribution is -2.03. The molecule has 0 fully saturated rings. The minimum Gasteiger partial charge on any atom is -0.486 e. The second kappa shape index (κ2) is 5.64. The first-order valence-corrected chi connectivity index (χ1v) is 6.47. The van der Waals surface area contributed by atoms with Crippen LogP contribution in [0.25, 0.3) is 0 Å². The average molecular weight is 263 g/mol. The Labute approximate surface area is 109 Å². The lowest BCUT2D eigenvalue weighted by Gasteiger charge is -2.07. The minimum atomic E-state index is -0.988. The fourth-order valence-electron chi connectivity index (χ4n) is 1.50. The van der Waals surface area contributed by atoms with Crippen LogP contribution in [0.3, 0.4) is 0 Å². The zero-order valence-corrected chi connectivity index (χ0v) is 10.7. The van der Waals surface area contributed by atoms with Gasteiger partial charge in [-0.25, -0.2) is 9.78 Å². The lowest BCUT2D eigenvalue weighted by atomic mass is 10.2. The summed E-state index contributed by atoms with van der Waals surface area (Å²) in [5, 5.41) is 12.0. The van der Waals surface area contributed by atoms with Crippen LogP contribution in [-0.2, 0) is 13.0 Å². The molecule has 1 aromatic carbocycles. The number of rotatable bonds is 5. The molecule has 0 spiro atoms. The van der Waals surface area contributed by atoms with Gasteiger partial charge in [-0.15, -0.1) is 11.3 Å². The van der Waals surface area contributed by atoms with E-state index in [-0.39, 0.29) is 5.56 Å². The summed E-state index contributed by atoms with van der Waals surface area (Å²) in [4.78, 5) is 15.4. The highest BCUT2D eigenvalue weighted by molar-refractivity contribution is 7.09. The fourth-order valence-corrected chi connectivity index (χ4v) is 2.23. The first kappa shape index (κ1) is 12.6. The Kier molecular flexibility index (Phi) is 3.94. The van der Waals surface area contributed by atoms with Gasteiger partial charge in [0.1, 0.15) is 17.9 Å². The number of carbonyl (C=O) groups is 1. The van der Waals surface area contributed by atoms with Crippen LogP contribution in [0.15, 0.2) is 29.6 Å². The number of carboxylic acids is 1. The van der Waals surface area contributed by atoms with Crippen molar-refractivity contribution in [3.63, 3.8) is 0 Å². The van der Waals surface area contributed by atoms with E-state index in [1.165, 1.54) is 6.07 Å². The lowest BCUT2D eigenvalue weighted by molar-refractivity contribution is 0.0691. The van der Waals surface area contributed by atoms with Crippen LogP contribution in [0.5, 0.6) is 5.75 Å². The first-order chi connectivity index (χ1) is 8.70. The molecule has 0 unspecified atom stereocenters. The van der Waals surface area contributed by atoms with Crippen molar-refractivity contribution in [2.45, 2.75) is 20.0 Å². The minimum absolute atomic E-state index is 0.170. The third-order valence-corrected chi connectivity index (χ3v) is 3.44. The van der Waals surface area contributed by atoms with Crippen LogP contribution in [0.4, 0.5) is 0 Å². The monoisotopic (exact) mass is 263 g/mol. The molecule has 18 heavy (non-hydrogen) atoms. The Hall–Kier alpha value is -1.88. The SMILES string of the molecule is CCc1nc(COc2ccccc2C(=O)O)cs1. The molecule has 0 radical (unpaired) electrons. The Morgan fingerprint density at radius 2 is 2.22 bits per heavy atom. The first-order valence-electron chi connectivity index (χ1n) is 5.59. The maximum Gasteiger partial charge on any atom is 0.339 e. The molecule has 0 aliphatic carbocycles. The molecule has 2 aromatic rings. The summed E-state index contributed by atoms with van der Waals surface area (Å²) in [6.45, 7) is 2.34. The summed E-state index contributed by atoms with van der Waals surface area (Å²) >= 11 is 1.59. The second-order valence-electron chi connectivity index (χ2n) is 3.68. The van der Waals surface area contributed by atoms with E-state index in [1.54, 1.807) is 29.5 Å². The van der Waals surface area contributed by atoms with Gasteiger partial charge in [-0.2, -0.15) is 0 Å². The van der Waals surface area contributed by atoms with Crippen LogP contribution >= 0.6 is 11.3 Å². The molecule has 0 saturated carbocycles. The maximum absolute atomic E-state index is 11.0. The van der Waals surface area contributed by atoms with Gasteiger partial charge in [0.2, 0.25) is 0 Å². The van der Waals surface area contributed by atoms with Crippen LogP contribution in [0.1, 0.15) is 28.0 Å². The molecule has 0 aliphatic heterocycles. The van der Waals surface area contributed by atoms with Crippen molar-refractivity contribution in [2.75, 3.05) is 0 Å². The normalized spacial score (nSPS) is 10.3. The Morgan fingerprint density at radius 1 is 1.44 bits per heavy atom. The largest absolute Gasteiger partial charge is 0.486 e. The van der Waals surface area contributed by atoms with Gasteiger partial charge in [-0.05, 0) is 18.6 Å². The van der Waals surface area contributed by atoms with Crippen LogP contribution < -0.4 is 4.74 Å². The smallest absolute Gasteiger partial charge is 0.339 e. The quantitative estimate of drug-likeness (QED) is 0.901. The highest BCUT2D eigenvalue weighted by atomic mass is 32.1. The third kappa shape index (κ3) is 2.87. The number of aromatic carboxylic acids is 1. The summed E-state index contributed by atoms with van der Waals surface area (Å²) in [5.74, 6) is -0.617. The van der Waals surface area contributed by atoms with Crippen molar-refractivity contribution in [1.82, 2.24) is 4.98 Å². The van der Waals surface area contributed by atoms with Crippen molar-refractivity contribution in [3.8, 4) is 5.75 Å². The molecule has 0 bridgehead atoms. The highest BCUT2D eigenvalue weighted by Gasteiger charge is 2.10. The van der Waals surface area contributed by atoms with Gasteiger partial charge in [0.05, 0.1) is 10.7 Å². The second-order valence-corrected chi connectivity index (χ2v) is 4.62. The number of thiazole rings is 1. The number of aryl methyl sites for hydroxylation is 1. The predicted molar refractivity (Wildman–Crippen MR) is 69.2 cm³/mol. The van der Waals surface area contributed by atoms with Crippen molar-refractivity contribution < 1.29 is 14.6 Å². The molecule has 0 aliphatic rings. The molecule has 0 saturated heterocycles. The number of aromatic nitrogens is 1. The van der Waals surface area contributed by atoms with Crippen molar-refractivity contribution in [1.29, 1.82) is 0 Å². The van der Waals surface area contributed by atoms with Gasteiger partial charge >= 0.3 is 5.97 Å². The van der Waals surface area contributed by atoms with E-state index in [0.29, 0.717) is 12.4 Å². The van der Waals surface area contributed by atoms with E-state index in [0.717, 1.165) is 17.1 Å². The van der Waals surface area contributed by atoms with Crippen molar-refractivity contribution in [2.24, 2.45) is 0 Å². The molecule has 0 amide bonds. The van der Waals surface area contributed by atoms with E-state index in [9.17, 15) is 4.79 Å². The molecular weight excluding hydrogens is 250 g/mol. The number of hydrogen-bond acceptors (Lipinski definition) is 4. The van der Waals surface area contributed by atoms with Gasteiger partial charge in [0, 0.05) is 5.38 Å². The van der Waals surface area contributed by atoms with Crippen molar-refractivity contribution >= 4 is 17.3 Å². The standard InChI is InChI=1S/C13H13NO3S/c1-2-12-14-9(8-18-12)7-17-11-6-4-3-5-10(11)13(15)16/h3-6,8H,2,7H2,1H3,(H,15,16). The molecule has 1 N–H and O–H groups in total. The average Bonchev–Trinajstić information content (AvgIpc) is 2.84. The Bertz CT molecular complexity index is 551. The van der Waals surface area contributed by atoms with Gasteiger partial charge < -0.3 is 9.84 Å². The molecule has 5 heteroatoms. The fraction of sp³-hybridized carbons (Fsp3) is 0.231. The summed E-state index contributed by atoms with van der Waals surface area (Å²) in [5.41, 5.74) is 1.00. The third-order valence-electron chi connectivity index (χ3n) is 2.39. The Morgan fingerprint density at radius 3 is 2.89 bits per heavy atom. The van der Waals surface area contributed by atoms with E-state index >= 15 is 0 Å². The van der Waals surface area contributed by atoms with E-state index in [4.69, 9.17) is 9.84 Å². The maximum atomic E-state index is 11.0. The highest BCUT2D eigenvalue weighted by Crippen LogP contribution is 2.20. The topological polar surface area (TPSA) is 59.4 Å². The van der Waals surface area contributed by atoms with Crippen LogP contribution in [0, 0.1) is 0 Å². The van der Waals surface area contributed by atoms with Crippen LogP contribution in [0.2, 0.25) is 0 Å². The van der Waals surface area contributed by atoms with Gasteiger partial charge in [-0.3, -0.25) is 0 Å². The molecule has 0 atom stereocenters. The number of benzene rings is 1. The summed E-state index contributed by atoms with van der Waals surface area (Å²) in [6, 6.07) is 6.60. The summed E-state index contributed by atoms with van der Waals surface area (Å²) < 4.78 is 5.51. The van der Waals surface area contributed by atoms with Gasteiger partial charge in [-0.1, -0.05) is 19.1 Å². The van der Waals surface area contributed by atoms with E-state index in [2.05, 4.69) is 4.98 Å². The van der Waals surface area contributed by atoms with E-state index < -0.39 is 5.97 Å². The number of carboxylic acid groups (broad SMARTS) is 1. The number of hydrogen-bond donors (Lipinski definition) is 1. The number of nitrogens with zero attached hydrogens (tertiary/aromatic N) is 1. The molecule has 4 nitrogen and oxygen atoms in total. The van der Waals surface area contributed by atoms with Gasteiger partial charge in [0.25, 0.3) is 0 Å². The molecule has 94 valence electrons. The predicted octanol–water partition coefficient (Wildman–Crippen LogP) is 2.98. The Balaban J connectivity index is 2.08. The van der Waals surface area contributed by atoms with E-state index in [1.807, 2.05) is 12.3 Å². The molecule has 1 aromatic heterocycles. The number of para-hydroxylation sites is 1. The molecular formula is C13H13NO3S. The molecule has 1 heterocycles. The van der Waals surface area contributed by atoms with Gasteiger partial charge in [0.15, 0.2) is 0 Å².